The summed E-state index contributed by atoms with van der Waals surface area (Å²) >= 11 is 0. The first-order chi connectivity index (χ1) is 12.7. The van der Waals surface area contributed by atoms with E-state index in [1.165, 1.54) is 5.56 Å². The number of hydrogen-bond donors (Lipinski definition) is 2. The zero-order valence-electron chi connectivity index (χ0n) is 15.5. The number of rotatable bonds is 9. The van der Waals surface area contributed by atoms with Crippen LogP contribution in [-0.2, 0) is 24.3 Å². The van der Waals surface area contributed by atoms with Gasteiger partial charge in [0.25, 0.3) is 0 Å². The molecule has 2 aromatic heterocycles. The van der Waals surface area contributed by atoms with E-state index in [-0.39, 0.29) is 30.7 Å². The molecule has 152 valence electrons. The molecule has 0 aliphatic carbocycles. The molecule has 3 N–H and O–H groups in total. The summed E-state index contributed by atoms with van der Waals surface area (Å²) in [5, 5.41) is 7.00. The number of nitrogens with one attached hydrogen (secondary N) is 1. The molecule has 9 heteroatoms. The minimum atomic E-state index is -0.597. The minimum Gasteiger partial charge on any atom is -0.355 e. The summed E-state index contributed by atoms with van der Waals surface area (Å²) in [6.07, 6.45) is 8.60. The molecule has 0 unspecified atom stereocenters. The second-order valence-electron chi connectivity index (χ2n) is 6.25. The summed E-state index contributed by atoms with van der Waals surface area (Å²) in [5.41, 5.74) is 8.03. The molecule has 0 saturated carbocycles. The van der Waals surface area contributed by atoms with E-state index in [4.69, 9.17) is 5.73 Å². The highest BCUT2D eigenvalue weighted by atomic mass is 35.5. The fraction of sp³-hybridized carbons (Fsp3) is 0.316. The van der Waals surface area contributed by atoms with Crippen LogP contribution in [0.4, 0.5) is 0 Å². The smallest absolute Gasteiger partial charge is 0.237 e. The number of carbonyl (C=O) groups excluding carboxylic acids is 1. The van der Waals surface area contributed by atoms with Gasteiger partial charge in [0.05, 0.1) is 18.1 Å². The molecule has 7 nitrogen and oxygen atoms in total. The summed E-state index contributed by atoms with van der Waals surface area (Å²) in [4.78, 5) is 16.5. The molecular formula is C19H26Cl2N6O. The summed E-state index contributed by atoms with van der Waals surface area (Å²) in [6, 6.07) is 11.4. The van der Waals surface area contributed by atoms with Crippen LogP contribution in [0, 0.1) is 0 Å². The summed E-state index contributed by atoms with van der Waals surface area (Å²) in [7, 11) is 0. The average molecular weight is 425 g/mol. The Morgan fingerprint density at radius 1 is 1.18 bits per heavy atom. The fourth-order valence-electron chi connectivity index (χ4n) is 2.73. The van der Waals surface area contributed by atoms with Gasteiger partial charge in [-0.1, -0.05) is 30.3 Å². The highest BCUT2D eigenvalue weighted by molar-refractivity contribution is 5.85. The molecule has 3 aromatic rings. The van der Waals surface area contributed by atoms with E-state index >= 15 is 0 Å². The number of benzene rings is 1. The van der Waals surface area contributed by atoms with Crippen LogP contribution in [0.3, 0.4) is 0 Å². The van der Waals surface area contributed by atoms with Gasteiger partial charge in [0.15, 0.2) is 0 Å². The van der Waals surface area contributed by atoms with Crippen LogP contribution < -0.4 is 11.1 Å². The summed E-state index contributed by atoms with van der Waals surface area (Å²) in [5.74, 6) is -0.150. The van der Waals surface area contributed by atoms with Crippen molar-refractivity contribution in [2.45, 2.75) is 32.0 Å². The summed E-state index contributed by atoms with van der Waals surface area (Å²) < 4.78 is 3.84. The van der Waals surface area contributed by atoms with E-state index in [1.807, 2.05) is 45.9 Å². The number of halogens is 2. The number of nitrogens with zero attached hydrogens (tertiary/aromatic N) is 4. The normalized spacial score (nSPS) is 11.2. The van der Waals surface area contributed by atoms with Crippen molar-refractivity contribution >= 4 is 30.7 Å². The lowest BCUT2D eigenvalue weighted by Gasteiger charge is -2.11. The van der Waals surface area contributed by atoms with Crippen molar-refractivity contribution in [1.29, 1.82) is 0 Å². The van der Waals surface area contributed by atoms with Gasteiger partial charge in [-0.3, -0.25) is 9.48 Å². The maximum atomic E-state index is 12.1. The molecule has 0 aliphatic heterocycles. The third-order valence-electron chi connectivity index (χ3n) is 4.08. The molecule has 0 spiro atoms. The molecule has 0 saturated heterocycles. The number of amides is 1. The lowest BCUT2D eigenvalue weighted by atomic mass is 10.1. The van der Waals surface area contributed by atoms with E-state index in [9.17, 15) is 4.79 Å². The molecule has 1 amide bonds. The van der Waals surface area contributed by atoms with Gasteiger partial charge in [-0.25, -0.2) is 4.98 Å². The Kier molecular flexibility index (Phi) is 10.3. The highest BCUT2D eigenvalue weighted by Gasteiger charge is 2.15. The zero-order chi connectivity index (χ0) is 18.2. The van der Waals surface area contributed by atoms with Crippen molar-refractivity contribution in [3.63, 3.8) is 0 Å². The van der Waals surface area contributed by atoms with Gasteiger partial charge in [0, 0.05) is 44.6 Å². The molecule has 0 radical (unpaired) electrons. The predicted octanol–water partition coefficient (Wildman–Crippen LogP) is 2.05. The van der Waals surface area contributed by atoms with Gasteiger partial charge in [0.2, 0.25) is 5.91 Å². The Morgan fingerprint density at radius 2 is 1.96 bits per heavy atom. The predicted molar refractivity (Wildman–Crippen MR) is 114 cm³/mol. The van der Waals surface area contributed by atoms with E-state index in [0.29, 0.717) is 13.0 Å². The first kappa shape index (κ1) is 23.7. The molecule has 1 atom stereocenters. The largest absolute Gasteiger partial charge is 0.355 e. The van der Waals surface area contributed by atoms with Crippen LogP contribution >= 0.6 is 24.8 Å². The Morgan fingerprint density at radius 3 is 2.68 bits per heavy atom. The van der Waals surface area contributed by atoms with Gasteiger partial charge in [0.1, 0.15) is 0 Å². The standard InChI is InChI=1S/C19H24N6O.2ClH/c20-18(19(26)21-8-4-10-25-11-5-9-23-25)12-17-14-24(15-22-17)13-16-6-2-1-3-7-16;;/h1-3,5-7,9,11,14-15,18H,4,8,10,12-13,20H2,(H,21,26);2*1H/t18-;;/m0../s1. The van der Waals surface area contributed by atoms with Gasteiger partial charge in [-0.15, -0.1) is 24.8 Å². The molecular weight excluding hydrogens is 399 g/mol. The van der Waals surface area contributed by atoms with Crippen LogP contribution in [0.25, 0.3) is 0 Å². The molecule has 1 aromatic carbocycles. The number of nitrogens with two attached hydrogens (primary N) is 1. The fourth-order valence-corrected chi connectivity index (χ4v) is 2.73. The van der Waals surface area contributed by atoms with Crippen molar-refractivity contribution in [3.05, 3.63) is 72.6 Å². The Balaban J connectivity index is 0.00000196. The Bertz CT molecular complexity index is 807. The molecule has 0 aliphatic rings. The minimum absolute atomic E-state index is 0. The van der Waals surface area contributed by atoms with Crippen LogP contribution in [-0.4, -0.2) is 37.8 Å². The molecule has 2 heterocycles. The van der Waals surface area contributed by atoms with Crippen LogP contribution in [0.5, 0.6) is 0 Å². The second kappa shape index (κ2) is 12.2. The Hall–Kier alpha value is -2.35. The SMILES string of the molecule is Cl.Cl.N[C@@H](Cc1cn(Cc2ccccc2)cn1)C(=O)NCCCn1cccn1. The quantitative estimate of drug-likeness (QED) is 0.514. The topological polar surface area (TPSA) is 90.8 Å². The van der Waals surface area contributed by atoms with E-state index in [1.54, 1.807) is 12.5 Å². The average Bonchev–Trinajstić information content (AvgIpc) is 3.31. The lowest BCUT2D eigenvalue weighted by Crippen LogP contribution is -2.42. The zero-order valence-corrected chi connectivity index (χ0v) is 17.1. The van der Waals surface area contributed by atoms with Crippen molar-refractivity contribution in [2.75, 3.05) is 6.54 Å². The number of hydrogen-bond acceptors (Lipinski definition) is 4. The van der Waals surface area contributed by atoms with Gasteiger partial charge in [-0.05, 0) is 18.1 Å². The number of aromatic nitrogens is 4. The van der Waals surface area contributed by atoms with Crippen molar-refractivity contribution in [2.24, 2.45) is 5.73 Å². The maximum Gasteiger partial charge on any atom is 0.237 e. The van der Waals surface area contributed by atoms with Crippen molar-refractivity contribution in [3.8, 4) is 0 Å². The second-order valence-corrected chi connectivity index (χ2v) is 6.25. The molecule has 0 fully saturated rings. The Labute approximate surface area is 177 Å². The molecule has 3 rings (SSSR count). The van der Waals surface area contributed by atoms with E-state index < -0.39 is 6.04 Å². The summed E-state index contributed by atoms with van der Waals surface area (Å²) in [6.45, 7) is 2.10. The first-order valence-corrected chi connectivity index (χ1v) is 8.76. The van der Waals surface area contributed by atoms with Crippen LogP contribution in [0.2, 0.25) is 0 Å². The number of aryl methyl sites for hydroxylation is 1. The maximum absolute atomic E-state index is 12.1. The molecule has 0 bridgehead atoms. The number of carbonyl (C=O) groups is 1. The van der Waals surface area contributed by atoms with Crippen LogP contribution in [0.15, 0.2) is 61.3 Å². The van der Waals surface area contributed by atoms with Crippen LogP contribution in [0.1, 0.15) is 17.7 Å². The van der Waals surface area contributed by atoms with E-state index in [0.717, 1.165) is 25.2 Å². The highest BCUT2D eigenvalue weighted by Crippen LogP contribution is 2.05. The first-order valence-electron chi connectivity index (χ1n) is 8.76. The monoisotopic (exact) mass is 424 g/mol. The number of imidazole rings is 1. The van der Waals surface area contributed by atoms with Crippen molar-refractivity contribution < 1.29 is 4.79 Å². The van der Waals surface area contributed by atoms with Gasteiger partial charge >= 0.3 is 0 Å². The van der Waals surface area contributed by atoms with E-state index in [2.05, 4.69) is 27.5 Å². The lowest BCUT2D eigenvalue weighted by molar-refractivity contribution is -0.122. The third kappa shape index (κ3) is 7.34. The van der Waals surface area contributed by atoms with Crippen molar-refractivity contribution in [1.82, 2.24) is 24.6 Å². The molecule has 28 heavy (non-hydrogen) atoms. The van der Waals surface area contributed by atoms with Gasteiger partial charge < -0.3 is 15.6 Å². The van der Waals surface area contributed by atoms with Gasteiger partial charge in [-0.2, -0.15) is 5.10 Å². The third-order valence-corrected chi connectivity index (χ3v) is 4.08.